The molecule has 0 spiro atoms. The molecule has 18 heavy (non-hydrogen) atoms. The van der Waals surface area contributed by atoms with Crippen LogP contribution in [0.5, 0.6) is 0 Å². The fourth-order valence-corrected chi connectivity index (χ4v) is 3.29. The summed E-state index contributed by atoms with van der Waals surface area (Å²) in [6, 6.07) is 7.07. The maximum Gasteiger partial charge on any atom is 0.0492 e. The van der Waals surface area contributed by atoms with Gasteiger partial charge in [-0.2, -0.15) is 5.10 Å². The molecule has 1 aliphatic carbocycles. The first-order chi connectivity index (χ1) is 8.84. The summed E-state index contributed by atoms with van der Waals surface area (Å²) in [5.74, 6) is 0.857. The summed E-state index contributed by atoms with van der Waals surface area (Å²) in [6.07, 6.45) is 5.67. The molecule has 3 rings (SSSR count). The minimum atomic E-state index is 0.568. The lowest BCUT2D eigenvalue weighted by atomic mass is 10.1. The van der Waals surface area contributed by atoms with Crippen LogP contribution < -0.4 is 5.32 Å². The molecule has 1 atom stereocenters. The van der Waals surface area contributed by atoms with Gasteiger partial charge in [-0.15, -0.1) is 11.3 Å². The zero-order valence-corrected chi connectivity index (χ0v) is 11.5. The van der Waals surface area contributed by atoms with Crippen LogP contribution >= 0.6 is 11.3 Å². The van der Waals surface area contributed by atoms with Gasteiger partial charge in [0.15, 0.2) is 0 Å². The molecule has 0 saturated heterocycles. The van der Waals surface area contributed by atoms with E-state index in [9.17, 15) is 0 Å². The molecule has 2 aromatic heterocycles. The molecule has 4 heteroatoms. The molecule has 1 unspecified atom stereocenters. The van der Waals surface area contributed by atoms with E-state index in [0.29, 0.717) is 6.04 Å². The van der Waals surface area contributed by atoms with E-state index in [0.717, 1.165) is 18.9 Å². The fourth-order valence-electron chi connectivity index (χ4n) is 2.40. The van der Waals surface area contributed by atoms with E-state index in [-0.39, 0.29) is 0 Å². The molecule has 1 saturated carbocycles. The second-order valence-electron chi connectivity index (χ2n) is 4.98. The highest BCUT2D eigenvalue weighted by Gasteiger charge is 2.32. The third-order valence-corrected chi connectivity index (χ3v) is 4.57. The van der Waals surface area contributed by atoms with Gasteiger partial charge in [-0.3, -0.25) is 4.68 Å². The first-order valence-corrected chi connectivity index (χ1v) is 7.46. The van der Waals surface area contributed by atoms with E-state index in [2.05, 4.69) is 34.0 Å². The standard InChI is InChI=1S/C14H19N3S/c1-17-12(7-9-16-17)6-8-15-14(11-4-5-11)13-3-2-10-18-13/h2-3,7,9-11,14-15H,4-6,8H2,1H3. The number of hydrogen-bond donors (Lipinski definition) is 1. The van der Waals surface area contributed by atoms with Crippen LogP contribution in [0.25, 0.3) is 0 Å². The van der Waals surface area contributed by atoms with Crippen LogP contribution in [0, 0.1) is 5.92 Å². The minimum Gasteiger partial charge on any atom is -0.309 e. The van der Waals surface area contributed by atoms with Crippen molar-refractivity contribution < 1.29 is 0 Å². The molecule has 0 radical (unpaired) electrons. The van der Waals surface area contributed by atoms with Crippen molar-refractivity contribution in [3.05, 3.63) is 40.3 Å². The molecule has 1 fully saturated rings. The average Bonchev–Trinajstić information content (AvgIpc) is 2.89. The summed E-state index contributed by atoms with van der Waals surface area (Å²) in [7, 11) is 2.01. The van der Waals surface area contributed by atoms with E-state index >= 15 is 0 Å². The monoisotopic (exact) mass is 261 g/mol. The second kappa shape index (κ2) is 5.24. The Morgan fingerprint density at radius 3 is 3.00 bits per heavy atom. The van der Waals surface area contributed by atoms with Gasteiger partial charge in [-0.25, -0.2) is 0 Å². The van der Waals surface area contributed by atoms with Gasteiger partial charge < -0.3 is 5.32 Å². The van der Waals surface area contributed by atoms with Gasteiger partial charge in [-0.05, 0) is 36.3 Å². The van der Waals surface area contributed by atoms with Gasteiger partial charge in [0.05, 0.1) is 0 Å². The fraction of sp³-hybridized carbons (Fsp3) is 0.500. The topological polar surface area (TPSA) is 29.9 Å². The Bertz CT molecular complexity index is 485. The third-order valence-electron chi connectivity index (χ3n) is 3.61. The molecule has 1 aliphatic rings. The number of aromatic nitrogens is 2. The van der Waals surface area contributed by atoms with Crippen LogP contribution in [0.1, 0.15) is 29.5 Å². The van der Waals surface area contributed by atoms with Crippen molar-refractivity contribution in [2.24, 2.45) is 13.0 Å². The lowest BCUT2D eigenvalue weighted by molar-refractivity contribution is 0.487. The molecular weight excluding hydrogens is 242 g/mol. The van der Waals surface area contributed by atoms with Gasteiger partial charge in [0.2, 0.25) is 0 Å². The molecule has 0 amide bonds. The van der Waals surface area contributed by atoms with Gasteiger partial charge in [0.1, 0.15) is 0 Å². The van der Waals surface area contributed by atoms with E-state index in [4.69, 9.17) is 0 Å². The zero-order valence-electron chi connectivity index (χ0n) is 10.7. The summed E-state index contributed by atoms with van der Waals surface area (Å²) < 4.78 is 1.96. The zero-order chi connectivity index (χ0) is 12.4. The summed E-state index contributed by atoms with van der Waals surface area (Å²) in [4.78, 5) is 1.49. The normalized spacial score (nSPS) is 16.9. The number of nitrogens with zero attached hydrogens (tertiary/aromatic N) is 2. The molecule has 96 valence electrons. The average molecular weight is 261 g/mol. The van der Waals surface area contributed by atoms with E-state index in [1.54, 1.807) is 0 Å². The van der Waals surface area contributed by atoms with Crippen LogP contribution in [0.3, 0.4) is 0 Å². The van der Waals surface area contributed by atoms with Crippen LogP contribution in [-0.4, -0.2) is 16.3 Å². The van der Waals surface area contributed by atoms with Crippen molar-refractivity contribution in [3.63, 3.8) is 0 Å². The van der Waals surface area contributed by atoms with Crippen molar-refractivity contribution in [3.8, 4) is 0 Å². The van der Waals surface area contributed by atoms with Crippen molar-refractivity contribution in [2.75, 3.05) is 6.54 Å². The van der Waals surface area contributed by atoms with Gasteiger partial charge in [0, 0.05) is 42.8 Å². The molecule has 0 aromatic carbocycles. The molecule has 2 heterocycles. The quantitative estimate of drug-likeness (QED) is 0.866. The van der Waals surface area contributed by atoms with Crippen molar-refractivity contribution in [2.45, 2.75) is 25.3 Å². The number of aryl methyl sites for hydroxylation is 1. The molecule has 1 N–H and O–H groups in total. The minimum absolute atomic E-state index is 0.568. The molecular formula is C14H19N3S. The van der Waals surface area contributed by atoms with Crippen LogP contribution in [-0.2, 0) is 13.5 Å². The molecule has 3 nitrogen and oxygen atoms in total. The highest BCUT2D eigenvalue weighted by Crippen LogP contribution is 2.42. The Kier molecular flexibility index (Phi) is 3.48. The number of hydrogen-bond acceptors (Lipinski definition) is 3. The molecule has 0 bridgehead atoms. The first-order valence-electron chi connectivity index (χ1n) is 6.58. The predicted octanol–water partition coefficient (Wildman–Crippen LogP) is 2.77. The molecule has 0 aliphatic heterocycles. The van der Waals surface area contributed by atoms with Crippen molar-refractivity contribution in [1.29, 1.82) is 0 Å². The lowest BCUT2D eigenvalue weighted by Crippen LogP contribution is -2.25. The maximum atomic E-state index is 4.20. The molecule has 2 aromatic rings. The Balaban J connectivity index is 1.56. The predicted molar refractivity (Wildman–Crippen MR) is 74.7 cm³/mol. The summed E-state index contributed by atoms with van der Waals surface area (Å²) in [5.41, 5.74) is 1.29. The second-order valence-corrected chi connectivity index (χ2v) is 5.96. The first kappa shape index (κ1) is 11.9. The Morgan fingerprint density at radius 2 is 2.39 bits per heavy atom. The van der Waals surface area contributed by atoms with E-state index < -0.39 is 0 Å². The van der Waals surface area contributed by atoms with Crippen LogP contribution in [0.2, 0.25) is 0 Å². The Hall–Kier alpha value is -1.13. The van der Waals surface area contributed by atoms with Gasteiger partial charge in [0.25, 0.3) is 0 Å². The van der Waals surface area contributed by atoms with E-state index in [1.165, 1.54) is 23.4 Å². The van der Waals surface area contributed by atoms with Crippen molar-refractivity contribution in [1.82, 2.24) is 15.1 Å². The van der Waals surface area contributed by atoms with Crippen molar-refractivity contribution >= 4 is 11.3 Å². The number of thiophene rings is 1. The number of rotatable bonds is 6. The summed E-state index contributed by atoms with van der Waals surface area (Å²) in [5, 5.41) is 10.1. The summed E-state index contributed by atoms with van der Waals surface area (Å²) >= 11 is 1.87. The van der Waals surface area contributed by atoms with Crippen LogP contribution in [0.15, 0.2) is 29.8 Å². The third kappa shape index (κ3) is 2.65. The smallest absolute Gasteiger partial charge is 0.0492 e. The maximum absolute atomic E-state index is 4.20. The number of nitrogens with one attached hydrogen (secondary N) is 1. The van der Waals surface area contributed by atoms with Gasteiger partial charge in [-0.1, -0.05) is 6.07 Å². The largest absolute Gasteiger partial charge is 0.309 e. The lowest BCUT2D eigenvalue weighted by Gasteiger charge is -2.16. The highest BCUT2D eigenvalue weighted by atomic mass is 32.1. The van der Waals surface area contributed by atoms with E-state index in [1.807, 2.05) is 29.3 Å². The Labute approximate surface area is 112 Å². The summed E-state index contributed by atoms with van der Waals surface area (Å²) in [6.45, 7) is 1.03. The SMILES string of the molecule is Cn1nccc1CCNC(c1cccs1)C1CC1. The van der Waals surface area contributed by atoms with Gasteiger partial charge >= 0.3 is 0 Å². The highest BCUT2D eigenvalue weighted by molar-refractivity contribution is 7.10. The Morgan fingerprint density at radius 1 is 1.50 bits per heavy atom. The van der Waals surface area contributed by atoms with Crippen LogP contribution in [0.4, 0.5) is 0 Å².